The molecule has 0 amide bonds. The van der Waals surface area contributed by atoms with E-state index in [0.717, 1.165) is 46.5 Å². The van der Waals surface area contributed by atoms with Crippen molar-refractivity contribution in [1.29, 1.82) is 0 Å². The third-order valence-corrected chi connectivity index (χ3v) is 9.85. The third kappa shape index (κ3) is 5.37. The summed E-state index contributed by atoms with van der Waals surface area (Å²) in [6, 6.07) is 23.2. The zero-order chi connectivity index (χ0) is 32.8. The first kappa shape index (κ1) is 29.6. The van der Waals surface area contributed by atoms with Crippen LogP contribution < -0.4 is 33.0 Å². The molecule has 0 spiro atoms. The Balaban J connectivity index is 1.01. The van der Waals surface area contributed by atoms with Crippen molar-refractivity contribution >= 4 is 26.5 Å². The lowest BCUT2D eigenvalue weighted by molar-refractivity contribution is -0.686. The molecule has 0 saturated heterocycles. The van der Waals surface area contributed by atoms with Gasteiger partial charge in [0.1, 0.15) is 18.1 Å². The minimum absolute atomic E-state index is 0.114. The number of fused-ring (bicyclic) bond motifs is 5. The maximum Gasteiger partial charge on any atom is 0.261 e. The van der Waals surface area contributed by atoms with E-state index in [9.17, 15) is 8.42 Å². The van der Waals surface area contributed by atoms with Gasteiger partial charge >= 0.3 is 0 Å². The Labute approximate surface area is 276 Å². The van der Waals surface area contributed by atoms with Gasteiger partial charge in [0.05, 0.1) is 41.9 Å². The Kier molecular flexibility index (Phi) is 7.25. The topological polar surface area (TPSA) is 127 Å². The van der Waals surface area contributed by atoms with E-state index in [-0.39, 0.29) is 18.3 Å². The first-order valence-electron chi connectivity index (χ1n) is 15.2. The Morgan fingerprint density at radius 2 is 1.73 bits per heavy atom. The van der Waals surface area contributed by atoms with Gasteiger partial charge in [0.25, 0.3) is 10.0 Å². The van der Waals surface area contributed by atoms with Gasteiger partial charge in [-0.25, -0.2) is 13.1 Å². The van der Waals surface area contributed by atoms with Gasteiger partial charge in [-0.05, 0) is 83.7 Å². The molecule has 0 atom stereocenters. The lowest BCUT2D eigenvalue weighted by Crippen LogP contribution is -2.40. The molecule has 0 bridgehead atoms. The highest BCUT2D eigenvalue weighted by atomic mass is 32.2. The molecule has 0 fully saturated rings. The molecule has 2 aromatic heterocycles. The number of anilines is 1. The highest BCUT2D eigenvalue weighted by Crippen LogP contribution is 2.42. The fourth-order valence-corrected chi connectivity index (χ4v) is 7.05. The number of rotatable bonds is 9. The van der Waals surface area contributed by atoms with Crippen LogP contribution >= 0.6 is 0 Å². The summed E-state index contributed by atoms with van der Waals surface area (Å²) in [5, 5.41) is 10.4. The van der Waals surface area contributed by atoms with Crippen LogP contribution in [0.15, 0.2) is 96.2 Å². The number of pyridine rings is 1. The lowest BCUT2D eigenvalue weighted by Gasteiger charge is -2.17. The number of ether oxygens (including phenoxy) is 5. The van der Waals surface area contributed by atoms with Crippen molar-refractivity contribution in [3.63, 3.8) is 0 Å². The number of methoxy groups -OCH3 is 2. The molecular formula is C35H30N5O7S+. The van der Waals surface area contributed by atoms with E-state index in [2.05, 4.69) is 44.0 Å². The Hall–Kier alpha value is -5.82. The molecule has 4 heterocycles. The summed E-state index contributed by atoms with van der Waals surface area (Å²) in [5.74, 6) is 3.40. The molecule has 4 aromatic carbocycles. The van der Waals surface area contributed by atoms with Crippen LogP contribution in [0.25, 0.3) is 27.7 Å². The zero-order valence-corrected chi connectivity index (χ0v) is 26.9. The van der Waals surface area contributed by atoms with Crippen molar-refractivity contribution < 1.29 is 36.7 Å². The summed E-state index contributed by atoms with van der Waals surface area (Å²) in [5.41, 5.74) is 5.11. The van der Waals surface area contributed by atoms with Crippen LogP contribution in [0.4, 0.5) is 5.69 Å². The van der Waals surface area contributed by atoms with Gasteiger partial charge in [0, 0.05) is 18.2 Å². The molecule has 0 unspecified atom stereocenters. The standard InChI is InChI=1S/C35H30N5O7S/c1-43-27-8-4-24(5-9-27)37-48(41,42)28-10-6-26(7-11-28)40-18-25(36-38-40)20-45-35-30-19-39-14-13-23-16-33-34(47-21-46-33)17-29(23)31(39)15-22(30)3-12-32(35)44-2/h3-12,15-19,37H,13-14,20-21H2,1-2H3/q+1. The van der Waals surface area contributed by atoms with Gasteiger partial charge in [-0.1, -0.05) is 5.21 Å². The number of benzene rings is 4. The van der Waals surface area contributed by atoms with Gasteiger partial charge in [-0.3, -0.25) is 4.72 Å². The molecule has 242 valence electrons. The van der Waals surface area contributed by atoms with Crippen molar-refractivity contribution in [2.75, 3.05) is 25.7 Å². The maximum absolute atomic E-state index is 12.9. The predicted molar refractivity (Wildman–Crippen MR) is 175 cm³/mol. The maximum atomic E-state index is 12.9. The van der Waals surface area contributed by atoms with Gasteiger partial charge < -0.3 is 23.7 Å². The summed E-state index contributed by atoms with van der Waals surface area (Å²) >= 11 is 0. The minimum Gasteiger partial charge on any atom is -0.497 e. The second kappa shape index (κ2) is 11.8. The molecule has 6 aromatic rings. The van der Waals surface area contributed by atoms with Crippen molar-refractivity contribution in [2.24, 2.45) is 0 Å². The quantitative estimate of drug-likeness (QED) is 0.211. The Morgan fingerprint density at radius 3 is 2.50 bits per heavy atom. The van der Waals surface area contributed by atoms with E-state index in [1.807, 2.05) is 12.1 Å². The van der Waals surface area contributed by atoms with E-state index < -0.39 is 10.0 Å². The number of hydrogen-bond donors (Lipinski definition) is 1. The van der Waals surface area contributed by atoms with E-state index in [1.165, 1.54) is 17.7 Å². The van der Waals surface area contributed by atoms with Crippen molar-refractivity contribution in [2.45, 2.75) is 24.5 Å². The van der Waals surface area contributed by atoms with Gasteiger partial charge in [0.15, 0.2) is 35.7 Å². The summed E-state index contributed by atoms with van der Waals surface area (Å²) < 4.78 is 60.7. The van der Waals surface area contributed by atoms with E-state index in [0.29, 0.717) is 34.3 Å². The largest absolute Gasteiger partial charge is 0.497 e. The smallest absolute Gasteiger partial charge is 0.261 e. The average Bonchev–Trinajstić information content (AvgIpc) is 3.79. The summed E-state index contributed by atoms with van der Waals surface area (Å²) in [6.07, 6.45) is 4.71. The highest BCUT2D eigenvalue weighted by molar-refractivity contribution is 7.92. The minimum atomic E-state index is -3.79. The molecule has 48 heavy (non-hydrogen) atoms. The molecule has 8 rings (SSSR count). The molecule has 12 nitrogen and oxygen atoms in total. The lowest BCUT2D eigenvalue weighted by atomic mass is 9.95. The van der Waals surface area contributed by atoms with Crippen molar-refractivity contribution in [3.8, 4) is 45.7 Å². The molecular weight excluding hydrogens is 634 g/mol. The van der Waals surface area contributed by atoms with E-state index >= 15 is 0 Å². The number of aryl methyl sites for hydroxylation is 2. The van der Waals surface area contributed by atoms with Gasteiger partial charge in [-0.2, -0.15) is 4.57 Å². The second-order valence-electron chi connectivity index (χ2n) is 11.3. The first-order valence-corrected chi connectivity index (χ1v) is 16.7. The van der Waals surface area contributed by atoms with Gasteiger partial charge in [-0.15, -0.1) is 5.10 Å². The fraction of sp³-hybridized carbons (Fsp3) is 0.171. The van der Waals surface area contributed by atoms with Gasteiger partial charge in [0.2, 0.25) is 12.5 Å². The van der Waals surface area contributed by atoms with Crippen LogP contribution in [0.1, 0.15) is 11.3 Å². The monoisotopic (exact) mass is 664 g/mol. The van der Waals surface area contributed by atoms with Crippen LogP contribution in [0.3, 0.4) is 0 Å². The highest BCUT2D eigenvalue weighted by Gasteiger charge is 2.29. The summed E-state index contributed by atoms with van der Waals surface area (Å²) in [7, 11) is -0.627. The predicted octanol–water partition coefficient (Wildman–Crippen LogP) is 5.06. The molecule has 0 saturated carbocycles. The van der Waals surface area contributed by atoms with Crippen molar-refractivity contribution in [3.05, 3.63) is 103 Å². The number of hydrogen-bond acceptors (Lipinski definition) is 9. The Morgan fingerprint density at radius 1 is 0.938 bits per heavy atom. The van der Waals surface area contributed by atoms with Crippen LogP contribution in [-0.4, -0.2) is 44.4 Å². The van der Waals surface area contributed by atoms with Crippen LogP contribution in [-0.2, 0) is 29.6 Å². The molecule has 13 heteroatoms. The molecule has 0 aliphatic carbocycles. The Bertz CT molecular complexity index is 2290. The van der Waals surface area contributed by atoms with Crippen LogP contribution in [0.2, 0.25) is 0 Å². The first-order chi connectivity index (χ1) is 23.4. The zero-order valence-electron chi connectivity index (χ0n) is 26.0. The SMILES string of the molecule is COc1ccc(NS(=O)(=O)c2ccc(-n3cc(COc4c(OC)ccc5cc6[n+](cc45)CCc4cc5c(cc4-6)OCO5)nn3)cc2)cc1. The normalized spacial score (nSPS) is 13.1. The van der Waals surface area contributed by atoms with E-state index in [4.69, 9.17) is 23.7 Å². The third-order valence-electron chi connectivity index (χ3n) is 8.46. The molecule has 0 radical (unpaired) electrons. The van der Waals surface area contributed by atoms with Crippen molar-refractivity contribution in [1.82, 2.24) is 15.0 Å². The summed E-state index contributed by atoms with van der Waals surface area (Å²) in [6.45, 7) is 1.19. The molecule has 2 aliphatic heterocycles. The number of nitrogens with zero attached hydrogens (tertiary/aromatic N) is 4. The van der Waals surface area contributed by atoms with E-state index in [1.54, 1.807) is 61.5 Å². The number of sulfonamides is 1. The fourth-order valence-electron chi connectivity index (χ4n) is 5.99. The van der Waals surface area contributed by atoms with Crippen LogP contribution in [0, 0.1) is 0 Å². The number of nitrogens with one attached hydrogen (secondary N) is 1. The second-order valence-corrected chi connectivity index (χ2v) is 13.0. The van der Waals surface area contributed by atoms with Crippen LogP contribution in [0.5, 0.6) is 28.7 Å². The summed E-state index contributed by atoms with van der Waals surface area (Å²) in [4.78, 5) is 0.114. The number of aromatic nitrogens is 4. The molecule has 1 N–H and O–H groups in total. The average molecular weight is 665 g/mol. The molecule has 2 aliphatic rings.